The lowest BCUT2D eigenvalue weighted by atomic mass is 10.3. The molecule has 0 heterocycles. The molecule has 0 rings (SSSR count). The average Bonchev–Trinajstić information content (AvgIpc) is 2.17. The quantitative estimate of drug-likeness (QED) is 0.381. The summed E-state index contributed by atoms with van der Waals surface area (Å²) in [4.78, 5) is 0. The van der Waals surface area contributed by atoms with E-state index in [-0.39, 0.29) is 0 Å². The Labute approximate surface area is 85.6 Å². The zero-order chi connectivity index (χ0) is 10.2. The fraction of sp³-hybridized carbons (Fsp3) is 1.00. The van der Waals surface area contributed by atoms with Gasteiger partial charge in [0.2, 0.25) is 0 Å². The molecule has 80 valence electrons. The largest absolute Gasteiger partial charge is 0.612 e. The van der Waals surface area contributed by atoms with Crippen LogP contribution >= 0.6 is 11.1 Å². The van der Waals surface area contributed by atoms with Crippen LogP contribution in [0.4, 0.5) is 0 Å². The maximum absolute atomic E-state index is 5.88. The molecule has 0 spiro atoms. The van der Waals surface area contributed by atoms with Crippen LogP contribution < -0.4 is 5.32 Å². The van der Waals surface area contributed by atoms with E-state index in [2.05, 4.69) is 5.32 Å². The van der Waals surface area contributed by atoms with Gasteiger partial charge < -0.3 is 18.6 Å². The van der Waals surface area contributed by atoms with Gasteiger partial charge in [-0.1, -0.05) is 11.1 Å². The van der Waals surface area contributed by atoms with E-state index in [0.717, 1.165) is 19.4 Å². The molecule has 0 aliphatic heterocycles. The van der Waals surface area contributed by atoms with E-state index in [1.807, 2.05) is 7.05 Å². The summed E-state index contributed by atoms with van der Waals surface area (Å²) in [6.45, 7) is 1.57. The minimum Gasteiger partial charge on any atom is -0.365 e. The third kappa shape index (κ3) is 6.42. The van der Waals surface area contributed by atoms with Gasteiger partial charge in [-0.05, 0) is 26.4 Å². The van der Waals surface area contributed by atoms with E-state index in [1.54, 1.807) is 0 Å². The Hall–Kier alpha value is 0.347. The molecule has 0 unspecified atom stereocenters. The molecule has 0 aromatic heterocycles. The number of halogens is 1. The van der Waals surface area contributed by atoms with Crippen LogP contribution in [-0.4, -0.2) is 42.5 Å². The first kappa shape index (κ1) is 13.3. The summed E-state index contributed by atoms with van der Waals surface area (Å²) in [6.07, 6.45) is 2.01. The van der Waals surface area contributed by atoms with Crippen molar-refractivity contribution in [1.29, 1.82) is 0 Å². The van der Waals surface area contributed by atoms with Gasteiger partial charge in [-0.15, -0.1) is 0 Å². The van der Waals surface area contributed by atoms with Gasteiger partial charge in [-0.25, -0.2) is 0 Å². The van der Waals surface area contributed by atoms with Crippen LogP contribution in [0.15, 0.2) is 0 Å². The molecule has 0 atom stereocenters. The SMILES string of the molecule is CNCCCCO[Si](Cl)(OC)OC. The van der Waals surface area contributed by atoms with E-state index in [9.17, 15) is 0 Å². The number of unbranched alkanes of at least 4 members (excludes halogenated alkanes) is 1. The Morgan fingerprint density at radius 3 is 2.31 bits per heavy atom. The molecule has 0 bridgehead atoms. The van der Waals surface area contributed by atoms with Crippen molar-refractivity contribution in [3.8, 4) is 0 Å². The van der Waals surface area contributed by atoms with Crippen molar-refractivity contribution in [2.75, 3.05) is 34.4 Å². The first-order chi connectivity index (χ1) is 6.18. The Kier molecular flexibility index (Phi) is 7.93. The molecular formula is C7H18ClNO3Si. The number of nitrogens with one attached hydrogen (secondary N) is 1. The van der Waals surface area contributed by atoms with Gasteiger partial charge in [0.15, 0.2) is 0 Å². The van der Waals surface area contributed by atoms with Crippen LogP contribution in [-0.2, 0) is 13.3 Å². The zero-order valence-electron chi connectivity index (χ0n) is 8.43. The lowest BCUT2D eigenvalue weighted by Crippen LogP contribution is -2.37. The summed E-state index contributed by atoms with van der Waals surface area (Å²) in [5.41, 5.74) is 0. The normalized spacial score (nSPS) is 12.0. The van der Waals surface area contributed by atoms with Crippen LogP contribution in [0.25, 0.3) is 0 Å². The minimum absolute atomic E-state index is 0.582. The predicted molar refractivity (Wildman–Crippen MR) is 54.7 cm³/mol. The monoisotopic (exact) mass is 227 g/mol. The second-order valence-corrected chi connectivity index (χ2v) is 6.01. The van der Waals surface area contributed by atoms with Gasteiger partial charge >= 0.3 is 8.11 Å². The van der Waals surface area contributed by atoms with Gasteiger partial charge in [0, 0.05) is 20.8 Å². The molecule has 4 nitrogen and oxygen atoms in total. The van der Waals surface area contributed by atoms with Gasteiger partial charge in [0.25, 0.3) is 0 Å². The fourth-order valence-corrected chi connectivity index (χ4v) is 1.82. The van der Waals surface area contributed by atoms with Gasteiger partial charge in [-0.3, -0.25) is 0 Å². The summed E-state index contributed by atoms with van der Waals surface area (Å²) in [5.74, 6) is 0. The Balaban J connectivity index is 3.39. The van der Waals surface area contributed by atoms with E-state index in [1.165, 1.54) is 14.2 Å². The first-order valence-electron chi connectivity index (χ1n) is 4.26. The summed E-state index contributed by atoms with van der Waals surface area (Å²) >= 11 is 5.88. The molecule has 6 heteroatoms. The van der Waals surface area contributed by atoms with Crippen molar-refractivity contribution in [2.45, 2.75) is 12.8 Å². The molecule has 0 aromatic carbocycles. The van der Waals surface area contributed by atoms with Crippen LogP contribution in [0.3, 0.4) is 0 Å². The van der Waals surface area contributed by atoms with Crippen LogP contribution in [0.2, 0.25) is 0 Å². The summed E-state index contributed by atoms with van der Waals surface area (Å²) in [5, 5.41) is 3.05. The highest BCUT2D eigenvalue weighted by Gasteiger charge is 2.36. The third-order valence-corrected chi connectivity index (χ3v) is 4.36. The van der Waals surface area contributed by atoms with Gasteiger partial charge in [0.1, 0.15) is 0 Å². The average molecular weight is 228 g/mol. The Bertz CT molecular complexity index is 124. The number of rotatable bonds is 8. The molecule has 0 amide bonds. The molecule has 0 aliphatic carbocycles. The van der Waals surface area contributed by atoms with Crippen LogP contribution in [0.1, 0.15) is 12.8 Å². The standard InChI is InChI=1S/C7H18ClNO3Si/c1-9-6-4-5-7-12-13(8,10-2)11-3/h9H,4-7H2,1-3H3. The maximum atomic E-state index is 5.88. The maximum Gasteiger partial charge on any atom is 0.612 e. The lowest BCUT2D eigenvalue weighted by Gasteiger charge is -2.18. The number of hydrogen-bond acceptors (Lipinski definition) is 4. The summed E-state index contributed by atoms with van der Waals surface area (Å²) in [6, 6.07) is 0. The molecule has 1 N–H and O–H groups in total. The van der Waals surface area contributed by atoms with Gasteiger partial charge in [0.05, 0.1) is 0 Å². The Morgan fingerprint density at radius 2 is 1.85 bits per heavy atom. The zero-order valence-corrected chi connectivity index (χ0v) is 10.2. The van der Waals surface area contributed by atoms with Crippen LogP contribution in [0.5, 0.6) is 0 Å². The van der Waals surface area contributed by atoms with Crippen molar-refractivity contribution < 1.29 is 13.3 Å². The minimum atomic E-state index is -2.81. The van der Waals surface area contributed by atoms with Crippen molar-refractivity contribution in [2.24, 2.45) is 0 Å². The van der Waals surface area contributed by atoms with E-state index >= 15 is 0 Å². The van der Waals surface area contributed by atoms with E-state index < -0.39 is 8.11 Å². The number of hydrogen-bond donors (Lipinski definition) is 1. The molecule has 0 aliphatic rings. The smallest absolute Gasteiger partial charge is 0.365 e. The van der Waals surface area contributed by atoms with Gasteiger partial charge in [-0.2, -0.15) is 0 Å². The van der Waals surface area contributed by atoms with Crippen LogP contribution in [0, 0.1) is 0 Å². The third-order valence-electron chi connectivity index (χ3n) is 1.58. The molecular weight excluding hydrogens is 210 g/mol. The Morgan fingerprint density at radius 1 is 1.23 bits per heavy atom. The highest BCUT2D eigenvalue weighted by Crippen LogP contribution is 2.12. The van der Waals surface area contributed by atoms with Crippen molar-refractivity contribution >= 4 is 19.2 Å². The lowest BCUT2D eigenvalue weighted by molar-refractivity contribution is 0.120. The highest BCUT2D eigenvalue weighted by atomic mass is 35.6. The summed E-state index contributed by atoms with van der Waals surface area (Å²) in [7, 11) is 2.11. The predicted octanol–water partition coefficient (Wildman–Crippen LogP) is 0.970. The molecule has 0 saturated carbocycles. The first-order valence-corrected chi connectivity index (χ1v) is 7.00. The molecule has 13 heavy (non-hydrogen) atoms. The van der Waals surface area contributed by atoms with E-state index in [0.29, 0.717) is 6.61 Å². The molecule has 0 radical (unpaired) electrons. The van der Waals surface area contributed by atoms with Crippen molar-refractivity contribution in [3.63, 3.8) is 0 Å². The van der Waals surface area contributed by atoms with E-state index in [4.69, 9.17) is 24.4 Å². The van der Waals surface area contributed by atoms with Crippen molar-refractivity contribution in [3.05, 3.63) is 0 Å². The topological polar surface area (TPSA) is 39.7 Å². The summed E-state index contributed by atoms with van der Waals surface area (Å²) < 4.78 is 15.2. The molecule has 0 aromatic rings. The molecule has 0 fully saturated rings. The second kappa shape index (κ2) is 7.72. The molecule has 0 saturated heterocycles. The van der Waals surface area contributed by atoms with Crippen molar-refractivity contribution in [1.82, 2.24) is 5.32 Å². The highest BCUT2D eigenvalue weighted by molar-refractivity contribution is 7.09. The fourth-order valence-electron chi connectivity index (χ4n) is 0.799. The second-order valence-electron chi connectivity index (χ2n) is 2.55.